The zero-order valence-electron chi connectivity index (χ0n) is 11.1. The molecule has 2 heterocycles. The highest BCUT2D eigenvalue weighted by atomic mass is 79.9. The van der Waals surface area contributed by atoms with Gasteiger partial charge in [0.1, 0.15) is 11.5 Å². The van der Waals surface area contributed by atoms with Crippen LogP contribution in [-0.2, 0) is 0 Å². The number of nitrogens with two attached hydrogens (primary N) is 1. The summed E-state index contributed by atoms with van der Waals surface area (Å²) in [5.74, 6) is 0.557. The minimum Gasteiger partial charge on any atom is -0.398 e. The minimum absolute atomic E-state index is 0.243. The van der Waals surface area contributed by atoms with Gasteiger partial charge in [0.15, 0.2) is 5.82 Å². The number of fused-ring (bicyclic) bond motifs is 1. The van der Waals surface area contributed by atoms with Crippen LogP contribution in [0.1, 0.15) is 16.2 Å². The fourth-order valence-electron chi connectivity index (χ4n) is 2.06. The maximum atomic E-state index is 12.4. The first kappa shape index (κ1) is 13.6. The molecule has 2 aromatic heterocycles. The molecule has 3 rings (SSSR count). The first-order chi connectivity index (χ1) is 10.1. The number of amides is 1. The van der Waals surface area contributed by atoms with Crippen LogP contribution in [0.2, 0.25) is 0 Å². The van der Waals surface area contributed by atoms with E-state index in [1.54, 1.807) is 31.3 Å². The van der Waals surface area contributed by atoms with Crippen molar-refractivity contribution in [2.75, 3.05) is 11.1 Å². The lowest BCUT2D eigenvalue weighted by atomic mass is 10.1. The van der Waals surface area contributed by atoms with Gasteiger partial charge in [0.25, 0.3) is 5.91 Å². The van der Waals surface area contributed by atoms with Gasteiger partial charge in [-0.25, -0.2) is 0 Å². The third-order valence-electron chi connectivity index (χ3n) is 2.99. The SMILES string of the molecule is Cc1cc(NC(=O)c2nccc3c(Br)ccc(N)c23)no1. The Labute approximate surface area is 128 Å². The number of rotatable bonds is 2. The number of nitrogens with one attached hydrogen (secondary N) is 1. The van der Waals surface area contributed by atoms with Gasteiger partial charge in [-0.1, -0.05) is 21.1 Å². The molecular formula is C14H11BrN4O2. The molecule has 0 radical (unpaired) electrons. The van der Waals surface area contributed by atoms with Crippen LogP contribution in [0.3, 0.4) is 0 Å². The molecule has 0 aliphatic carbocycles. The number of carbonyl (C=O) groups excluding carboxylic acids is 1. The maximum absolute atomic E-state index is 12.4. The molecule has 0 aliphatic heterocycles. The van der Waals surface area contributed by atoms with E-state index in [0.29, 0.717) is 22.7 Å². The van der Waals surface area contributed by atoms with Crippen molar-refractivity contribution in [2.45, 2.75) is 6.92 Å². The molecule has 6 nitrogen and oxygen atoms in total. The molecule has 21 heavy (non-hydrogen) atoms. The van der Waals surface area contributed by atoms with Crippen molar-refractivity contribution in [3.63, 3.8) is 0 Å². The van der Waals surface area contributed by atoms with Gasteiger partial charge in [0.2, 0.25) is 0 Å². The van der Waals surface area contributed by atoms with E-state index in [1.807, 2.05) is 6.07 Å². The summed E-state index contributed by atoms with van der Waals surface area (Å²) in [6, 6.07) is 6.99. The van der Waals surface area contributed by atoms with Crippen molar-refractivity contribution < 1.29 is 9.32 Å². The number of nitrogens with zero attached hydrogens (tertiary/aromatic N) is 2. The second-order valence-electron chi connectivity index (χ2n) is 4.50. The third kappa shape index (κ3) is 2.47. The Kier molecular flexibility index (Phi) is 3.34. The van der Waals surface area contributed by atoms with Gasteiger partial charge < -0.3 is 15.6 Å². The Morgan fingerprint density at radius 2 is 2.19 bits per heavy atom. The highest BCUT2D eigenvalue weighted by Crippen LogP contribution is 2.30. The van der Waals surface area contributed by atoms with Crippen molar-refractivity contribution in [3.05, 3.63) is 46.4 Å². The van der Waals surface area contributed by atoms with Crippen molar-refractivity contribution in [2.24, 2.45) is 0 Å². The van der Waals surface area contributed by atoms with Gasteiger partial charge in [-0.05, 0) is 25.1 Å². The van der Waals surface area contributed by atoms with E-state index >= 15 is 0 Å². The van der Waals surface area contributed by atoms with E-state index in [0.717, 1.165) is 9.86 Å². The highest BCUT2D eigenvalue weighted by molar-refractivity contribution is 9.10. The predicted molar refractivity (Wildman–Crippen MR) is 83.0 cm³/mol. The molecule has 0 fully saturated rings. The van der Waals surface area contributed by atoms with Gasteiger partial charge >= 0.3 is 0 Å². The largest absolute Gasteiger partial charge is 0.398 e. The molecule has 0 bridgehead atoms. The topological polar surface area (TPSA) is 94.0 Å². The first-order valence-electron chi connectivity index (χ1n) is 6.13. The fourth-order valence-corrected chi connectivity index (χ4v) is 2.52. The summed E-state index contributed by atoms with van der Waals surface area (Å²) in [5.41, 5.74) is 6.72. The summed E-state index contributed by atoms with van der Waals surface area (Å²) < 4.78 is 5.76. The second kappa shape index (κ2) is 5.17. The number of carbonyl (C=O) groups is 1. The van der Waals surface area contributed by atoms with Crippen LogP contribution in [0.4, 0.5) is 11.5 Å². The molecule has 3 aromatic rings. The zero-order valence-corrected chi connectivity index (χ0v) is 12.6. The van der Waals surface area contributed by atoms with Crippen LogP contribution in [0, 0.1) is 6.92 Å². The lowest BCUT2D eigenvalue weighted by Gasteiger charge is -2.08. The van der Waals surface area contributed by atoms with Crippen molar-refractivity contribution in [3.8, 4) is 0 Å². The molecule has 7 heteroatoms. The molecular weight excluding hydrogens is 336 g/mol. The van der Waals surface area contributed by atoms with Gasteiger partial charge in [-0.15, -0.1) is 0 Å². The smallest absolute Gasteiger partial charge is 0.276 e. The molecule has 0 unspecified atom stereocenters. The van der Waals surface area contributed by atoms with Gasteiger partial charge in [0, 0.05) is 33.2 Å². The van der Waals surface area contributed by atoms with Gasteiger partial charge in [0.05, 0.1) is 0 Å². The lowest BCUT2D eigenvalue weighted by Crippen LogP contribution is -2.15. The second-order valence-corrected chi connectivity index (χ2v) is 5.35. The number of aryl methyl sites for hydroxylation is 1. The molecule has 0 saturated heterocycles. The summed E-state index contributed by atoms with van der Waals surface area (Å²) in [7, 11) is 0. The summed E-state index contributed by atoms with van der Waals surface area (Å²) in [4.78, 5) is 16.5. The van der Waals surface area contributed by atoms with Crippen LogP contribution >= 0.6 is 15.9 Å². The standard InChI is InChI=1S/C14H11BrN4O2/c1-7-6-11(19-21-7)18-14(20)13-12-8(4-5-17-13)9(15)2-3-10(12)16/h2-6H,16H2,1H3,(H,18,19,20). The molecule has 0 aliphatic rings. The van der Waals surface area contributed by atoms with Crippen molar-refractivity contribution in [1.82, 2.24) is 10.1 Å². The van der Waals surface area contributed by atoms with Crippen molar-refractivity contribution >= 4 is 44.1 Å². The van der Waals surface area contributed by atoms with Crippen LogP contribution < -0.4 is 11.1 Å². The zero-order chi connectivity index (χ0) is 15.0. The number of hydrogen-bond acceptors (Lipinski definition) is 5. The van der Waals surface area contributed by atoms with Crippen LogP contribution in [0.15, 0.2) is 39.5 Å². The Morgan fingerprint density at radius 3 is 2.90 bits per heavy atom. The predicted octanol–water partition coefficient (Wildman–Crippen LogP) is 3.13. The van der Waals surface area contributed by atoms with Gasteiger partial charge in [-0.3, -0.25) is 9.78 Å². The van der Waals surface area contributed by atoms with E-state index in [4.69, 9.17) is 10.3 Å². The molecule has 1 aromatic carbocycles. The fraction of sp³-hybridized carbons (Fsp3) is 0.0714. The molecule has 3 N–H and O–H groups in total. The van der Waals surface area contributed by atoms with Crippen LogP contribution in [0.5, 0.6) is 0 Å². The Balaban J connectivity index is 2.08. The number of halogens is 1. The normalized spacial score (nSPS) is 10.8. The van der Waals surface area contributed by atoms with E-state index in [2.05, 4.69) is 31.4 Å². The average Bonchev–Trinajstić information content (AvgIpc) is 2.87. The van der Waals surface area contributed by atoms with Crippen molar-refractivity contribution in [1.29, 1.82) is 0 Å². The van der Waals surface area contributed by atoms with Crippen LogP contribution in [0.25, 0.3) is 10.8 Å². The Morgan fingerprint density at radius 1 is 1.38 bits per heavy atom. The lowest BCUT2D eigenvalue weighted by molar-refractivity contribution is 0.102. The first-order valence-corrected chi connectivity index (χ1v) is 6.93. The molecule has 0 saturated carbocycles. The maximum Gasteiger partial charge on any atom is 0.276 e. The Bertz CT molecular complexity index is 844. The number of anilines is 2. The summed E-state index contributed by atoms with van der Waals surface area (Å²) in [5, 5.41) is 7.79. The van der Waals surface area contributed by atoms with E-state index < -0.39 is 5.91 Å². The monoisotopic (exact) mass is 346 g/mol. The third-order valence-corrected chi connectivity index (χ3v) is 3.68. The number of nitrogen functional groups attached to an aromatic ring is 1. The van der Waals surface area contributed by atoms with E-state index in [-0.39, 0.29) is 5.69 Å². The molecule has 1 amide bonds. The number of benzene rings is 1. The van der Waals surface area contributed by atoms with Crippen LogP contribution in [-0.4, -0.2) is 16.0 Å². The molecule has 0 atom stereocenters. The summed E-state index contributed by atoms with van der Waals surface area (Å²) in [6.07, 6.45) is 1.56. The number of pyridine rings is 1. The average molecular weight is 347 g/mol. The highest BCUT2D eigenvalue weighted by Gasteiger charge is 2.16. The quantitative estimate of drug-likeness (QED) is 0.695. The minimum atomic E-state index is -0.390. The van der Waals surface area contributed by atoms with E-state index in [9.17, 15) is 4.79 Å². The van der Waals surface area contributed by atoms with E-state index in [1.165, 1.54) is 0 Å². The van der Waals surface area contributed by atoms with Gasteiger partial charge in [-0.2, -0.15) is 0 Å². The summed E-state index contributed by atoms with van der Waals surface area (Å²) in [6.45, 7) is 1.74. The molecule has 0 spiro atoms. The molecule has 106 valence electrons. The Hall–Kier alpha value is -2.41. The number of aromatic nitrogens is 2. The number of hydrogen-bond donors (Lipinski definition) is 2. The summed E-state index contributed by atoms with van der Waals surface area (Å²) >= 11 is 3.44.